The average Bonchev–Trinajstić information content (AvgIpc) is 3.02. The summed E-state index contributed by atoms with van der Waals surface area (Å²) in [5.74, 6) is 0.852. The number of hydrogen-bond acceptors (Lipinski definition) is 4. The quantitative estimate of drug-likeness (QED) is 0.803. The summed E-state index contributed by atoms with van der Waals surface area (Å²) in [7, 11) is -3.21. The van der Waals surface area contributed by atoms with Crippen LogP contribution in [0.4, 0.5) is 0 Å². The van der Waals surface area contributed by atoms with Gasteiger partial charge in [-0.25, -0.2) is 13.1 Å². The average molecular weight is 379 g/mol. The summed E-state index contributed by atoms with van der Waals surface area (Å²) in [6, 6.07) is 7.57. The first-order valence-corrected chi connectivity index (χ1v) is 10.7. The van der Waals surface area contributed by atoms with Crippen LogP contribution in [0.25, 0.3) is 10.9 Å². The summed E-state index contributed by atoms with van der Waals surface area (Å²) in [4.78, 5) is 17.8. The molecule has 0 aliphatic carbocycles. The van der Waals surface area contributed by atoms with Crippen LogP contribution in [0.1, 0.15) is 30.3 Å². The van der Waals surface area contributed by atoms with Gasteiger partial charge in [-0.2, -0.15) is 0 Å². The van der Waals surface area contributed by atoms with Gasteiger partial charge in [0.05, 0.1) is 12.9 Å². The van der Waals surface area contributed by atoms with Gasteiger partial charge in [-0.1, -0.05) is 0 Å². The van der Waals surface area contributed by atoms with Gasteiger partial charge in [-0.3, -0.25) is 4.79 Å². The molecule has 142 valence electrons. The number of carbonyl (C=O) groups excluding carboxylic acids is 1. The Bertz CT molecular complexity index is 891. The van der Waals surface area contributed by atoms with E-state index in [0.717, 1.165) is 35.7 Å². The number of piperidine rings is 1. The number of carbonyl (C=O) groups is 1. The predicted molar refractivity (Wildman–Crippen MR) is 101 cm³/mol. The van der Waals surface area contributed by atoms with Crippen LogP contribution in [0.15, 0.2) is 24.3 Å². The molecule has 1 fully saturated rings. The maximum atomic E-state index is 12.9. The second-order valence-corrected chi connectivity index (χ2v) is 8.58. The monoisotopic (exact) mass is 379 g/mol. The molecule has 7 nitrogen and oxygen atoms in total. The highest BCUT2D eigenvalue weighted by Crippen LogP contribution is 2.24. The van der Waals surface area contributed by atoms with Crippen LogP contribution in [0, 0.1) is 5.92 Å². The molecule has 8 heteroatoms. The van der Waals surface area contributed by atoms with Crippen molar-refractivity contribution in [2.75, 3.05) is 32.5 Å². The van der Waals surface area contributed by atoms with Crippen molar-refractivity contribution in [3.05, 3.63) is 30.0 Å². The number of benzene rings is 1. The van der Waals surface area contributed by atoms with Crippen molar-refractivity contribution in [3.63, 3.8) is 0 Å². The zero-order valence-corrected chi connectivity index (χ0v) is 15.9. The molecule has 26 heavy (non-hydrogen) atoms. The molecule has 1 aromatic carbocycles. The molecule has 0 spiro atoms. The third-order valence-corrected chi connectivity index (χ3v) is 5.27. The first-order valence-electron chi connectivity index (χ1n) is 8.85. The SMILES string of the molecule is CCOc1ccc2cc(C(=O)N3CCCC(CNS(C)(=O)=O)C3)[nH]c2c1. The van der Waals surface area contributed by atoms with Gasteiger partial charge in [0.2, 0.25) is 10.0 Å². The van der Waals surface area contributed by atoms with E-state index in [2.05, 4.69) is 9.71 Å². The number of ether oxygens (including phenoxy) is 1. The van der Waals surface area contributed by atoms with E-state index in [0.29, 0.717) is 31.9 Å². The number of aromatic amines is 1. The zero-order valence-electron chi connectivity index (χ0n) is 15.1. The molecular formula is C18H25N3O4S. The van der Waals surface area contributed by atoms with Gasteiger partial charge in [-0.15, -0.1) is 0 Å². The topological polar surface area (TPSA) is 91.5 Å². The number of rotatable bonds is 6. The molecular weight excluding hydrogens is 354 g/mol. The Morgan fingerprint density at radius 2 is 2.19 bits per heavy atom. The summed E-state index contributed by atoms with van der Waals surface area (Å²) >= 11 is 0. The van der Waals surface area contributed by atoms with Crippen molar-refractivity contribution in [2.24, 2.45) is 5.92 Å². The van der Waals surface area contributed by atoms with Gasteiger partial charge in [0.1, 0.15) is 11.4 Å². The molecule has 2 heterocycles. The lowest BCUT2D eigenvalue weighted by Crippen LogP contribution is -2.43. The van der Waals surface area contributed by atoms with Crippen molar-refractivity contribution in [2.45, 2.75) is 19.8 Å². The number of sulfonamides is 1. The molecule has 3 rings (SSSR count). The molecule has 1 unspecified atom stereocenters. The molecule has 1 aliphatic rings. The smallest absolute Gasteiger partial charge is 0.270 e. The minimum absolute atomic E-state index is 0.0526. The number of amides is 1. The molecule has 1 aliphatic heterocycles. The number of likely N-dealkylation sites (tertiary alicyclic amines) is 1. The maximum absolute atomic E-state index is 12.9. The Labute approximate surface area is 153 Å². The molecule has 2 aromatic rings. The van der Waals surface area contributed by atoms with E-state index in [4.69, 9.17) is 4.74 Å². The van der Waals surface area contributed by atoms with Crippen molar-refractivity contribution >= 4 is 26.8 Å². The fourth-order valence-electron chi connectivity index (χ4n) is 3.33. The highest BCUT2D eigenvalue weighted by Gasteiger charge is 2.26. The van der Waals surface area contributed by atoms with Crippen LogP contribution in [-0.2, 0) is 10.0 Å². The Kier molecular flexibility index (Phi) is 5.52. The number of hydrogen-bond donors (Lipinski definition) is 2. The van der Waals surface area contributed by atoms with E-state index in [1.807, 2.05) is 31.2 Å². The first kappa shape index (κ1) is 18.7. The number of fused-ring (bicyclic) bond motifs is 1. The van der Waals surface area contributed by atoms with E-state index in [-0.39, 0.29) is 11.8 Å². The molecule has 1 amide bonds. The van der Waals surface area contributed by atoms with Crippen LogP contribution in [0.2, 0.25) is 0 Å². The molecule has 0 bridgehead atoms. The third-order valence-electron chi connectivity index (χ3n) is 4.58. The standard InChI is InChI=1S/C18H25N3O4S/c1-3-25-15-7-6-14-9-17(20-16(14)10-15)18(22)21-8-4-5-13(12-21)11-19-26(2,23)24/h6-7,9-10,13,19-20H,3-5,8,11-12H2,1-2H3. The summed E-state index contributed by atoms with van der Waals surface area (Å²) < 4.78 is 30.6. The number of H-pyrrole nitrogens is 1. The van der Waals surface area contributed by atoms with E-state index in [1.165, 1.54) is 0 Å². The van der Waals surface area contributed by atoms with E-state index in [9.17, 15) is 13.2 Å². The Balaban J connectivity index is 1.70. The minimum atomic E-state index is -3.21. The molecule has 0 radical (unpaired) electrons. The lowest BCUT2D eigenvalue weighted by atomic mass is 9.98. The molecule has 1 aromatic heterocycles. The summed E-state index contributed by atoms with van der Waals surface area (Å²) in [5.41, 5.74) is 1.41. The predicted octanol–water partition coefficient (Wildman–Crippen LogP) is 1.97. The van der Waals surface area contributed by atoms with Gasteiger partial charge >= 0.3 is 0 Å². The Hall–Kier alpha value is -2.06. The largest absolute Gasteiger partial charge is 0.494 e. The van der Waals surface area contributed by atoms with Crippen molar-refractivity contribution < 1.29 is 17.9 Å². The first-order chi connectivity index (χ1) is 12.4. The van der Waals surface area contributed by atoms with Crippen molar-refractivity contribution in [3.8, 4) is 5.75 Å². The fraction of sp³-hybridized carbons (Fsp3) is 0.500. The van der Waals surface area contributed by atoms with Gasteiger partial charge in [0, 0.05) is 36.6 Å². The van der Waals surface area contributed by atoms with Crippen LogP contribution in [0.3, 0.4) is 0 Å². The second kappa shape index (κ2) is 7.67. The molecule has 2 N–H and O–H groups in total. The Morgan fingerprint density at radius 3 is 2.92 bits per heavy atom. The Morgan fingerprint density at radius 1 is 1.38 bits per heavy atom. The fourth-order valence-corrected chi connectivity index (χ4v) is 3.87. The van der Waals surface area contributed by atoms with Crippen molar-refractivity contribution in [1.82, 2.24) is 14.6 Å². The van der Waals surface area contributed by atoms with E-state index in [1.54, 1.807) is 4.90 Å². The molecule has 0 saturated carbocycles. The van der Waals surface area contributed by atoms with Gasteiger partial charge in [0.25, 0.3) is 5.91 Å². The second-order valence-electron chi connectivity index (χ2n) is 6.75. The highest BCUT2D eigenvalue weighted by molar-refractivity contribution is 7.88. The normalized spacial score (nSPS) is 18.2. The summed E-state index contributed by atoms with van der Waals surface area (Å²) in [5, 5.41) is 0.962. The van der Waals surface area contributed by atoms with Gasteiger partial charge in [0.15, 0.2) is 0 Å². The summed E-state index contributed by atoms with van der Waals surface area (Å²) in [6.07, 6.45) is 2.94. The number of aromatic nitrogens is 1. The number of nitrogens with one attached hydrogen (secondary N) is 2. The van der Waals surface area contributed by atoms with Crippen LogP contribution < -0.4 is 9.46 Å². The molecule has 1 saturated heterocycles. The van der Waals surface area contributed by atoms with Crippen LogP contribution >= 0.6 is 0 Å². The maximum Gasteiger partial charge on any atom is 0.270 e. The van der Waals surface area contributed by atoms with Crippen LogP contribution in [0.5, 0.6) is 5.75 Å². The van der Waals surface area contributed by atoms with E-state index < -0.39 is 10.0 Å². The van der Waals surface area contributed by atoms with Gasteiger partial charge < -0.3 is 14.6 Å². The highest BCUT2D eigenvalue weighted by atomic mass is 32.2. The summed E-state index contributed by atoms with van der Waals surface area (Å²) in [6.45, 7) is 4.13. The van der Waals surface area contributed by atoms with Crippen molar-refractivity contribution in [1.29, 1.82) is 0 Å². The lowest BCUT2D eigenvalue weighted by Gasteiger charge is -2.32. The third kappa shape index (κ3) is 4.56. The minimum Gasteiger partial charge on any atom is -0.494 e. The van der Waals surface area contributed by atoms with Crippen LogP contribution in [-0.4, -0.2) is 56.7 Å². The van der Waals surface area contributed by atoms with Gasteiger partial charge in [-0.05, 0) is 43.9 Å². The molecule has 1 atom stereocenters. The van der Waals surface area contributed by atoms with E-state index >= 15 is 0 Å². The number of nitrogens with zero attached hydrogens (tertiary/aromatic N) is 1. The zero-order chi connectivity index (χ0) is 18.7. The lowest BCUT2D eigenvalue weighted by molar-refractivity contribution is 0.0671.